The fourth-order valence-electron chi connectivity index (χ4n) is 0.815. The second kappa shape index (κ2) is 5.07. The van der Waals surface area contributed by atoms with Gasteiger partial charge in [-0.2, -0.15) is 13.2 Å². The number of thioether (sulfide) groups is 1. The summed E-state index contributed by atoms with van der Waals surface area (Å²) in [6, 6.07) is 7.22. The minimum Gasteiger partial charge on any atom is -0.171 e. The number of rotatable bonds is 3. The Morgan fingerprint density at radius 3 is 2.21 bits per heavy atom. The minimum atomic E-state index is -4.05. The summed E-state index contributed by atoms with van der Waals surface area (Å²) in [6.45, 7) is 0. The molecule has 0 saturated heterocycles. The summed E-state index contributed by atoms with van der Waals surface area (Å²) >= 11 is 4.47. The van der Waals surface area contributed by atoms with Crippen LogP contribution in [0.15, 0.2) is 33.6 Å². The lowest BCUT2D eigenvalue weighted by atomic mass is 10.4. The molecule has 0 aliphatic rings. The van der Waals surface area contributed by atoms with Gasteiger partial charge in [-0.15, -0.1) is 11.8 Å². The molecule has 1 rings (SSSR count). The highest BCUT2D eigenvalue weighted by Crippen LogP contribution is 2.26. The highest BCUT2D eigenvalue weighted by Gasteiger charge is 2.26. The van der Waals surface area contributed by atoms with Crippen LogP contribution < -0.4 is 0 Å². The summed E-state index contributed by atoms with van der Waals surface area (Å²) in [5, 5.41) is 0. The van der Waals surface area contributed by atoms with Gasteiger partial charge in [-0.3, -0.25) is 0 Å². The molecule has 0 amide bonds. The van der Waals surface area contributed by atoms with Crippen LogP contribution in [0.5, 0.6) is 0 Å². The quantitative estimate of drug-likeness (QED) is 0.737. The van der Waals surface area contributed by atoms with Crippen molar-refractivity contribution in [1.82, 2.24) is 0 Å². The summed E-state index contributed by atoms with van der Waals surface area (Å²) in [6.07, 6.45) is -4.80. The van der Waals surface area contributed by atoms with E-state index in [4.69, 9.17) is 0 Å². The number of halogens is 4. The smallest absolute Gasteiger partial charge is 0.171 e. The second-order valence-electron chi connectivity index (χ2n) is 2.67. The fourth-order valence-corrected chi connectivity index (χ4v) is 1.98. The Hall–Kier alpha value is -0.160. The summed E-state index contributed by atoms with van der Waals surface area (Å²) in [7, 11) is 0. The van der Waals surface area contributed by atoms with Gasteiger partial charge in [0.05, 0.1) is 6.42 Å². The van der Waals surface area contributed by atoms with Gasteiger partial charge in [0.2, 0.25) is 0 Å². The van der Waals surface area contributed by atoms with Crippen molar-refractivity contribution in [2.45, 2.75) is 17.5 Å². The maximum absolute atomic E-state index is 11.8. The first-order valence-corrected chi connectivity index (χ1v) is 5.70. The van der Waals surface area contributed by atoms with Gasteiger partial charge in [-0.05, 0) is 24.3 Å². The van der Waals surface area contributed by atoms with Crippen LogP contribution in [0.3, 0.4) is 0 Å². The fraction of sp³-hybridized carbons (Fsp3) is 0.333. The molecule has 78 valence electrons. The molecule has 0 aliphatic heterocycles. The van der Waals surface area contributed by atoms with Crippen molar-refractivity contribution in [3.8, 4) is 0 Å². The Morgan fingerprint density at radius 1 is 1.14 bits per heavy atom. The zero-order valence-corrected chi connectivity index (χ0v) is 9.55. The molecule has 5 heteroatoms. The molecule has 0 heterocycles. The average molecular weight is 285 g/mol. The molecule has 0 unspecified atom stereocenters. The van der Waals surface area contributed by atoms with E-state index in [-0.39, 0.29) is 5.75 Å². The maximum Gasteiger partial charge on any atom is 0.389 e. The first-order chi connectivity index (χ1) is 6.47. The third-order valence-corrected chi connectivity index (χ3v) is 3.01. The highest BCUT2D eigenvalue weighted by molar-refractivity contribution is 9.10. The summed E-state index contributed by atoms with van der Waals surface area (Å²) < 4.78 is 36.3. The summed E-state index contributed by atoms with van der Waals surface area (Å²) in [5.41, 5.74) is 0. The van der Waals surface area contributed by atoms with E-state index in [0.29, 0.717) is 0 Å². The molecule has 0 radical (unpaired) electrons. The minimum absolute atomic E-state index is 0.0745. The Kier molecular flexibility index (Phi) is 4.31. The van der Waals surface area contributed by atoms with E-state index in [1.54, 1.807) is 12.1 Å². The van der Waals surface area contributed by atoms with Gasteiger partial charge in [0.15, 0.2) is 0 Å². The van der Waals surface area contributed by atoms with Gasteiger partial charge >= 0.3 is 6.18 Å². The number of hydrogen-bond donors (Lipinski definition) is 0. The normalized spacial score (nSPS) is 11.7. The number of hydrogen-bond acceptors (Lipinski definition) is 1. The average Bonchev–Trinajstić information content (AvgIpc) is 2.06. The van der Waals surface area contributed by atoms with Gasteiger partial charge in [0.25, 0.3) is 0 Å². The highest BCUT2D eigenvalue weighted by atomic mass is 79.9. The Bertz CT molecular complexity index is 281. The van der Waals surface area contributed by atoms with Crippen LogP contribution in [0.1, 0.15) is 6.42 Å². The van der Waals surface area contributed by atoms with Crippen LogP contribution in [0.4, 0.5) is 13.2 Å². The van der Waals surface area contributed by atoms with Gasteiger partial charge < -0.3 is 0 Å². The largest absolute Gasteiger partial charge is 0.389 e. The first-order valence-electron chi connectivity index (χ1n) is 3.92. The van der Waals surface area contributed by atoms with Crippen LogP contribution in [0, 0.1) is 0 Å². The lowest BCUT2D eigenvalue weighted by Crippen LogP contribution is -2.07. The van der Waals surface area contributed by atoms with E-state index >= 15 is 0 Å². The third kappa shape index (κ3) is 4.91. The van der Waals surface area contributed by atoms with Crippen LogP contribution in [-0.2, 0) is 0 Å². The lowest BCUT2D eigenvalue weighted by Gasteiger charge is -2.05. The van der Waals surface area contributed by atoms with E-state index in [9.17, 15) is 13.2 Å². The predicted octanol–water partition coefficient (Wildman–Crippen LogP) is 4.49. The third-order valence-electron chi connectivity index (χ3n) is 1.47. The second-order valence-corrected chi connectivity index (χ2v) is 4.75. The lowest BCUT2D eigenvalue weighted by molar-refractivity contribution is -0.129. The topological polar surface area (TPSA) is 0 Å². The molecular formula is C9H8BrF3S. The molecule has 1 aromatic carbocycles. The zero-order valence-electron chi connectivity index (χ0n) is 7.14. The molecule has 1 aromatic rings. The maximum atomic E-state index is 11.8. The predicted molar refractivity (Wildman–Crippen MR) is 55.5 cm³/mol. The SMILES string of the molecule is FC(F)(F)CCSc1ccc(Br)cc1. The molecule has 0 N–H and O–H groups in total. The van der Waals surface area contributed by atoms with Crippen LogP contribution >= 0.6 is 27.7 Å². The van der Waals surface area contributed by atoms with Crippen molar-refractivity contribution < 1.29 is 13.2 Å². The van der Waals surface area contributed by atoms with E-state index in [2.05, 4.69) is 15.9 Å². The molecular weight excluding hydrogens is 277 g/mol. The van der Waals surface area contributed by atoms with Crippen LogP contribution in [0.2, 0.25) is 0 Å². The summed E-state index contributed by atoms with van der Waals surface area (Å²) in [5.74, 6) is 0.0745. The van der Waals surface area contributed by atoms with E-state index in [0.717, 1.165) is 9.37 Å². The van der Waals surface area contributed by atoms with Crippen LogP contribution in [-0.4, -0.2) is 11.9 Å². The molecule has 0 fully saturated rings. The Labute approximate surface area is 93.0 Å². The van der Waals surface area contributed by atoms with Gasteiger partial charge in [-0.25, -0.2) is 0 Å². The molecule has 0 saturated carbocycles. The Morgan fingerprint density at radius 2 is 1.71 bits per heavy atom. The molecule has 0 atom stereocenters. The Balaban J connectivity index is 2.35. The van der Waals surface area contributed by atoms with E-state index in [1.165, 1.54) is 11.8 Å². The van der Waals surface area contributed by atoms with Crippen molar-refractivity contribution in [3.05, 3.63) is 28.7 Å². The van der Waals surface area contributed by atoms with E-state index < -0.39 is 12.6 Å². The first kappa shape index (κ1) is 11.9. The van der Waals surface area contributed by atoms with Crippen molar-refractivity contribution in [1.29, 1.82) is 0 Å². The van der Waals surface area contributed by atoms with Gasteiger partial charge in [0.1, 0.15) is 0 Å². The monoisotopic (exact) mass is 284 g/mol. The molecule has 14 heavy (non-hydrogen) atoms. The zero-order chi connectivity index (χ0) is 10.6. The van der Waals surface area contributed by atoms with Gasteiger partial charge in [-0.1, -0.05) is 15.9 Å². The summed E-state index contributed by atoms with van der Waals surface area (Å²) in [4.78, 5) is 0.859. The number of alkyl halides is 3. The molecule has 0 bridgehead atoms. The van der Waals surface area contributed by atoms with Crippen molar-refractivity contribution >= 4 is 27.7 Å². The van der Waals surface area contributed by atoms with Crippen molar-refractivity contribution in [2.24, 2.45) is 0 Å². The molecule has 0 spiro atoms. The van der Waals surface area contributed by atoms with Gasteiger partial charge in [0, 0.05) is 15.1 Å². The number of benzene rings is 1. The molecule has 0 aliphatic carbocycles. The standard InChI is InChI=1S/C9H8BrF3S/c10-7-1-3-8(4-2-7)14-6-5-9(11,12)13/h1-4H,5-6H2. The molecule has 0 aromatic heterocycles. The van der Waals surface area contributed by atoms with E-state index in [1.807, 2.05) is 12.1 Å². The van der Waals surface area contributed by atoms with Crippen molar-refractivity contribution in [3.63, 3.8) is 0 Å². The molecule has 0 nitrogen and oxygen atoms in total. The van der Waals surface area contributed by atoms with Crippen molar-refractivity contribution in [2.75, 3.05) is 5.75 Å². The van der Waals surface area contributed by atoms with Crippen LogP contribution in [0.25, 0.3) is 0 Å².